The van der Waals surface area contributed by atoms with E-state index in [0.717, 1.165) is 17.5 Å². The monoisotopic (exact) mass is 231 g/mol. The van der Waals surface area contributed by atoms with Crippen LogP contribution in [0.15, 0.2) is 29.5 Å². The number of hydrogen-bond acceptors (Lipinski definition) is 3. The highest BCUT2D eigenvalue weighted by molar-refractivity contribution is 5.78. The van der Waals surface area contributed by atoms with Gasteiger partial charge in [-0.15, -0.1) is 0 Å². The molecule has 2 aromatic rings. The molecule has 1 aliphatic rings. The first kappa shape index (κ1) is 10.3. The van der Waals surface area contributed by atoms with Crippen molar-refractivity contribution in [3.63, 3.8) is 0 Å². The van der Waals surface area contributed by atoms with Crippen molar-refractivity contribution in [2.45, 2.75) is 12.3 Å². The molecular formula is C12H13N3O2. The van der Waals surface area contributed by atoms with E-state index in [1.807, 2.05) is 12.3 Å². The van der Waals surface area contributed by atoms with Crippen molar-refractivity contribution in [1.82, 2.24) is 15.0 Å². The van der Waals surface area contributed by atoms with Crippen molar-refractivity contribution in [1.29, 1.82) is 0 Å². The molecule has 0 aromatic carbocycles. The van der Waals surface area contributed by atoms with Crippen LogP contribution in [0.3, 0.4) is 0 Å². The van der Waals surface area contributed by atoms with E-state index in [0.29, 0.717) is 5.52 Å². The van der Waals surface area contributed by atoms with E-state index in [1.54, 1.807) is 0 Å². The summed E-state index contributed by atoms with van der Waals surface area (Å²) in [5, 5.41) is 9.11. The van der Waals surface area contributed by atoms with E-state index < -0.39 is 0 Å². The number of nitrogens with zero attached hydrogens (tertiary/aromatic N) is 1. The van der Waals surface area contributed by atoms with Gasteiger partial charge in [-0.1, -0.05) is 12.2 Å². The van der Waals surface area contributed by atoms with Crippen LogP contribution in [0.4, 0.5) is 0 Å². The van der Waals surface area contributed by atoms with Gasteiger partial charge >= 0.3 is 0 Å². The van der Waals surface area contributed by atoms with E-state index in [4.69, 9.17) is 5.11 Å². The van der Waals surface area contributed by atoms with Crippen LogP contribution in [-0.2, 0) is 0 Å². The summed E-state index contributed by atoms with van der Waals surface area (Å²) in [4.78, 5) is 21.3. The predicted octanol–water partition coefficient (Wildman–Crippen LogP) is 0.903. The number of aromatic amines is 2. The Hall–Kier alpha value is -1.88. The lowest BCUT2D eigenvalue weighted by molar-refractivity contribution is 0.249. The van der Waals surface area contributed by atoms with E-state index in [1.165, 1.54) is 6.33 Å². The Balaban J connectivity index is 2.05. The quantitative estimate of drug-likeness (QED) is 0.672. The predicted molar refractivity (Wildman–Crippen MR) is 63.8 cm³/mol. The molecule has 1 aliphatic carbocycles. The minimum atomic E-state index is -0.151. The summed E-state index contributed by atoms with van der Waals surface area (Å²) >= 11 is 0. The maximum Gasteiger partial charge on any atom is 0.275 e. The van der Waals surface area contributed by atoms with Crippen LogP contribution in [0.25, 0.3) is 11.0 Å². The summed E-state index contributed by atoms with van der Waals surface area (Å²) in [7, 11) is 0. The fourth-order valence-corrected chi connectivity index (χ4v) is 2.39. The van der Waals surface area contributed by atoms with Gasteiger partial charge in [-0.05, 0) is 6.42 Å². The Morgan fingerprint density at radius 1 is 1.41 bits per heavy atom. The number of aromatic nitrogens is 3. The summed E-state index contributed by atoms with van der Waals surface area (Å²) in [5.74, 6) is 0.446. The van der Waals surface area contributed by atoms with Gasteiger partial charge in [0.1, 0.15) is 5.52 Å². The van der Waals surface area contributed by atoms with Gasteiger partial charge in [0.05, 0.1) is 11.8 Å². The number of allylic oxidation sites excluding steroid dienone is 1. The lowest BCUT2D eigenvalue weighted by atomic mass is 9.97. The molecule has 0 unspecified atom stereocenters. The summed E-state index contributed by atoms with van der Waals surface area (Å²) in [6, 6.07) is 0. The number of nitrogens with one attached hydrogen (secondary N) is 2. The SMILES string of the molecule is O=c1[nH]cnc2c([C@H]3C=C[C@@H](CO)C3)c[nH]c12. The van der Waals surface area contributed by atoms with Gasteiger partial charge in [-0.25, -0.2) is 4.98 Å². The molecule has 17 heavy (non-hydrogen) atoms. The molecular weight excluding hydrogens is 218 g/mol. The first-order chi connectivity index (χ1) is 8.29. The molecule has 0 amide bonds. The lowest BCUT2D eigenvalue weighted by Gasteiger charge is -2.08. The summed E-state index contributed by atoms with van der Waals surface area (Å²) < 4.78 is 0. The third kappa shape index (κ3) is 1.59. The highest BCUT2D eigenvalue weighted by Crippen LogP contribution is 2.34. The zero-order chi connectivity index (χ0) is 11.8. The number of H-pyrrole nitrogens is 2. The molecule has 88 valence electrons. The lowest BCUT2D eigenvalue weighted by Crippen LogP contribution is -2.06. The first-order valence-corrected chi connectivity index (χ1v) is 5.63. The second-order valence-corrected chi connectivity index (χ2v) is 4.37. The average Bonchev–Trinajstić information content (AvgIpc) is 2.94. The van der Waals surface area contributed by atoms with Crippen molar-refractivity contribution in [3.05, 3.63) is 40.6 Å². The van der Waals surface area contributed by atoms with Crippen molar-refractivity contribution >= 4 is 11.0 Å². The zero-order valence-corrected chi connectivity index (χ0v) is 9.18. The molecule has 0 bridgehead atoms. The molecule has 0 radical (unpaired) electrons. The minimum Gasteiger partial charge on any atom is -0.396 e. The summed E-state index contributed by atoms with van der Waals surface area (Å²) in [6.07, 6.45) is 8.23. The Labute approximate surface area is 97.2 Å². The number of rotatable bonds is 2. The largest absolute Gasteiger partial charge is 0.396 e. The third-order valence-corrected chi connectivity index (χ3v) is 3.30. The number of fused-ring (bicyclic) bond motifs is 1. The molecule has 0 spiro atoms. The first-order valence-electron chi connectivity index (χ1n) is 5.63. The van der Waals surface area contributed by atoms with Gasteiger partial charge in [0.25, 0.3) is 5.56 Å². The Bertz CT molecular complexity index is 626. The van der Waals surface area contributed by atoms with Crippen LogP contribution in [0.5, 0.6) is 0 Å². The van der Waals surface area contributed by atoms with Gasteiger partial charge in [-0.2, -0.15) is 0 Å². The fourth-order valence-electron chi connectivity index (χ4n) is 2.39. The maximum absolute atomic E-state index is 11.5. The smallest absolute Gasteiger partial charge is 0.275 e. The normalized spacial score (nSPS) is 23.6. The van der Waals surface area contributed by atoms with Crippen LogP contribution in [0.1, 0.15) is 17.9 Å². The highest BCUT2D eigenvalue weighted by Gasteiger charge is 2.23. The van der Waals surface area contributed by atoms with Crippen molar-refractivity contribution in [3.8, 4) is 0 Å². The molecule has 0 aliphatic heterocycles. The second kappa shape index (κ2) is 3.85. The number of aliphatic hydroxyl groups excluding tert-OH is 1. The van der Waals surface area contributed by atoms with Crippen LogP contribution < -0.4 is 5.56 Å². The molecule has 2 aromatic heterocycles. The van der Waals surface area contributed by atoms with E-state index in [2.05, 4.69) is 21.0 Å². The number of hydrogen-bond donors (Lipinski definition) is 3. The molecule has 2 atom stereocenters. The zero-order valence-electron chi connectivity index (χ0n) is 9.18. The van der Waals surface area contributed by atoms with Crippen molar-refractivity contribution in [2.24, 2.45) is 5.92 Å². The Morgan fingerprint density at radius 2 is 2.29 bits per heavy atom. The Kier molecular flexibility index (Phi) is 2.33. The minimum absolute atomic E-state index is 0.151. The van der Waals surface area contributed by atoms with E-state index >= 15 is 0 Å². The van der Waals surface area contributed by atoms with Gasteiger partial charge in [0.15, 0.2) is 0 Å². The molecule has 0 fully saturated rings. The average molecular weight is 231 g/mol. The molecule has 5 nitrogen and oxygen atoms in total. The molecule has 3 rings (SSSR count). The van der Waals surface area contributed by atoms with Gasteiger partial charge in [0, 0.05) is 30.2 Å². The topological polar surface area (TPSA) is 81.8 Å². The molecule has 0 saturated carbocycles. The van der Waals surface area contributed by atoms with Crippen molar-refractivity contribution < 1.29 is 5.11 Å². The molecule has 3 N–H and O–H groups in total. The third-order valence-electron chi connectivity index (χ3n) is 3.30. The summed E-state index contributed by atoms with van der Waals surface area (Å²) in [6.45, 7) is 0.170. The van der Waals surface area contributed by atoms with Gasteiger partial charge < -0.3 is 15.1 Å². The van der Waals surface area contributed by atoms with Crippen LogP contribution in [-0.4, -0.2) is 26.7 Å². The van der Waals surface area contributed by atoms with E-state index in [-0.39, 0.29) is 24.0 Å². The van der Waals surface area contributed by atoms with Crippen molar-refractivity contribution in [2.75, 3.05) is 6.61 Å². The van der Waals surface area contributed by atoms with Gasteiger partial charge in [0.2, 0.25) is 0 Å². The second-order valence-electron chi connectivity index (χ2n) is 4.37. The highest BCUT2D eigenvalue weighted by atomic mass is 16.3. The van der Waals surface area contributed by atoms with Crippen LogP contribution >= 0.6 is 0 Å². The van der Waals surface area contributed by atoms with E-state index in [9.17, 15) is 4.79 Å². The molecule has 2 heterocycles. The molecule has 5 heteroatoms. The number of aliphatic hydroxyl groups is 1. The summed E-state index contributed by atoms with van der Waals surface area (Å²) in [5.41, 5.74) is 2.12. The fraction of sp³-hybridized carbons (Fsp3) is 0.333. The van der Waals surface area contributed by atoms with Crippen LogP contribution in [0, 0.1) is 5.92 Å². The maximum atomic E-state index is 11.5. The Morgan fingerprint density at radius 3 is 3.06 bits per heavy atom. The molecule has 0 saturated heterocycles. The standard InChI is InChI=1S/C12H13N3O2/c16-5-7-1-2-8(3-7)9-4-13-11-10(9)14-6-15-12(11)17/h1-2,4,6-8,13,16H,3,5H2,(H,14,15,17)/t7-,8+/m1/s1. The van der Waals surface area contributed by atoms with Gasteiger partial charge in [-0.3, -0.25) is 4.79 Å². The van der Waals surface area contributed by atoms with Crippen LogP contribution in [0.2, 0.25) is 0 Å².